The Labute approximate surface area is 256 Å². The van der Waals surface area contributed by atoms with Crippen molar-refractivity contribution in [3.05, 3.63) is 65.3 Å². The van der Waals surface area contributed by atoms with Crippen LogP contribution in [0, 0.1) is 5.41 Å². The van der Waals surface area contributed by atoms with Gasteiger partial charge in [-0.15, -0.1) is 0 Å². The van der Waals surface area contributed by atoms with E-state index in [1.165, 1.54) is 0 Å². The predicted molar refractivity (Wildman–Crippen MR) is 162 cm³/mol. The lowest BCUT2D eigenvalue weighted by molar-refractivity contribution is -0.134. The van der Waals surface area contributed by atoms with Gasteiger partial charge in [0.25, 0.3) is 5.17 Å². The van der Waals surface area contributed by atoms with Crippen LogP contribution in [0.2, 0.25) is 0 Å². The van der Waals surface area contributed by atoms with Crippen LogP contribution < -0.4 is 14.8 Å². The normalized spacial score (nSPS) is 22.3. The average molecular weight is 653 g/mol. The molecule has 42 heavy (non-hydrogen) atoms. The molecule has 1 aromatic carbocycles. The minimum absolute atomic E-state index is 0.00856. The molecule has 13 heteroatoms. The lowest BCUT2D eigenvalue weighted by Crippen LogP contribution is -2.45. The predicted octanol–water partition coefficient (Wildman–Crippen LogP) is 4.40. The molecular weight excluding hydrogens is 622 g/mol. The van der Waals surface area contributed by atoms with Crippen molar-refractivity contribution in [1.29, 1.82) is 0 Å². The van der Waals surface area contributed by atoms with E-state index in [2.05, 4.69) is 35.6 Å². The largest absolute Gasteiger partial charge is 0.497 e. The van der Waals surface area contributed by atoms with E-state index in [-0.39, 0.29) is 24.0 Å². The molecular formula is C29H30BrN7O4S. The molecule has 2 saturated heterocycles. The molecule has 0 radical (unpaired) electrons. The molecule has 7 rings (SSSR count). The molecule has 3 fully saturated rings. The van der Waals surface area contributed by atoms with E-state index in [0.717, 1.165) is 54.1 Å². The number of hydrogen-bond acceptors (Lipinski definition) is 9. The van der Waals surface area contributed by atoms with Crippen molar-refractivity contribution in [2.24, 2.45) is 5.41 Å². The number of nitrogens with one attached hydrogen (secondary N) is 1. The van der Waals surface area contributed by atoms with Crippen LogP contribution >= 0.6 is 28.1 Å². The van der Waals surface area contributed by atoms with Gasteiger partial charge < -0.3 is 24.4 Å². The second-order valence-electron chi connectivity index (χ2n) is 11.0. The number of carbonyl (C=O) groups is 1. The first-order valence-corrected chi connectivity index (χ1v) is 15.1. The first kappa shape index (κ1) is 27.1. The molecule has 0 bridgehead atoms. The molecule has 11 nitrogen and oxygen atoms in total. The van der Waals surface area contributed by atoms with Gasteiger partial charge in [0.15, 0.2) is 5.82 Å². The maximum Gasteiger partial charge on any atom is 0.269 e. The van der Waals surface area contributed by atoms with Gasteiger partial charge in [-0.2, -0.15) is 0 Å². The lowest BCUT2D eigenvalue weighted by Gasteiger charge is -2.36. The number of thiocarbonyl (C=S) groups is 1. The molecule has 218 valence electrons. The van der Waals surface area contributed by atoms with E-state index >= 15 is 0 Å². The van der Waals surface area contributed by atoms with Crippen molar-refractivity contribution in [2.75, 3.05) is 26.1 Å². The van der Waals surface area contributed by atoms with Crippen molar-refractivity contribution in [3.8, 4) is 11.5 Å². The maximum atomic E-state index is 13.7. The number of carbonyl (C=O) groups excluding carboxylic acids is 1. The molecule has 3 atom stereocenters. The van der Waals surface area contributed by atoms with Crippen molar-refractivity contribution >= 4 is 50.6 Å². The highest BCUT2D eigenvalue weighted by Gasteiger charge is 2.68. The van der Waals surface area contributed by atoms with Crippen molar-refractivity contribution in [1.82, 2.24) is 28.8 Å². The summed E-state index contributed by atoms with van der Waals surface area (Å²) in [6.07, 6.45) is 11.9. The van der Waals surface area contributed by atoms with Crippen LogP contribution in [-0.2, 0) is 16.1 Å². The first-order chi connectivity index (χ1) is 20.4. The van der Waals surface area contributed by atoms with Crippen LogP contribution in [0.1, 0.15) is 43.0 Å². The summed E-state index contributed by atoms with van der Waals surface area (Å²) < 4.78 is 21.7. The summed E-state index contributed by atoms with van der Waals surface area (Å²) in [4.78, 5) is 29.4. The third-order valence-electron chi connectivity index (χ3n) is 8.79. The number of rotatable bonds is 7. The molecule has 3 aromatic heterocycles. The van der Waals surface area contributed by atoms with E-state index in [9.17, 15) is 4.79 Å². The lowest BCUT2D eigenvalue weighted by atomic mass is 9.89. The molecule has 5 heterocycles. The van der Waals surface area contributed by atoms with Crippen LogP contribution in [0.5, 0.6) is 11.5 Å². The van der Waals surface area contributed by atoms with Crippen molar-refractivity contribution in [2.45, 2.75) is 50.3 Å². The van der Waals surface area contributed by atoms with Crippen LogP contribution in [0.25, 0.3) is 5.52 Å². The zero-order valence-corrected chi connectivity index (χ0v) is 25.6. The summed E-state index contributed by atoms with van der Waals surface area (Å²) >= 11 is 9.23. The first-order valence-electron chi connectivity index (χ1n) is 13.9. The number of anilines is 1. The smallest absolute Gasteiger partial charge is 0.269 e. The Morgan fingerprint density at radius 2 is 2.05 bits per heavy atom. The number of methoxy groups -OCH3 is 2. The number of benzene rings is 1. The number of imidazole rings is 2. The monoisotopic (exact) mass is 651 g/mol. The maximum absolute atomic E-state index is 13.7. The second-order valence-corrected chi connectivity index (χ2v) is 12.1. The summed E-state index contributed by atoms with van der Waals surface area (Å²) in [6, 6.07) is 5.73. The SMILES string of the molecule is COc1ccc(CNc2nccn3c(C4CCC5C(OC(=S)n6ccnc6)C6(CC6)C(=O)N5C4)nc(Br)c23)c(OC)c1. The van der Waals surface area contributed by atoms with Gasteiger partial charge in [-0.25, -0.2) is 15.0 Å². The van der Waals surface area contributed by atoms with Crippen molar-refractivity contribution in [3.63, 3.8) is 0 Å². The Kier molecular flexibility index (Phi) is 6.81. The highest BCUT2D eigenvalue weighted by Crippen LogP contribution is 2.59. The zero-order chi connectivity index (χ0) is 29.0. The van der Waals surface area contributed by atoms with Crippen LogP contribution in [0.3, 0.4) is 0 Å². The number of piperidine rings is 1. The summed E-state index contributed by atoms with van der Waals surface area (Å²) in [5.74, 6) is 3.31. The Morgan fingerprint density at radius 1 is 1.19 bits per heavy atom. The second kappa shape index (κ2) is 10.5. The van der Waals surface area contributed by atoms with E-state index in [4.69, 9.17) is 31.4 Å². The third-order valence-corrected chi connectivity index (χ3v) is 9.65. The number of hydrogen-bond donors (Lipinski definition) is 1. The standard InChI is InChI=1S/C29H30BrN7O4S/c1-39-19-5-3-17(21(13-19)40-2)14-33-25-22-24(30)34-26(36(22)12-10-32-25)18-4-6-20-23(41-28(42)35-11-9-31-16-35)29(7-8-29)27(38)37(20)15-18/h3,5,9-13,16,18,20,23H,4,6-8,14-15H2,1-2H3,(H,32,33). The van der Waals surface area contributed by atoms with Crippen LogP contribution in [0.15, 0.2) is 53.9 Å². The topological polar surface area (TPSA) is 108 Å². The van der Waals surface area contributed by atoms with Gasteiger partial charge in [0, 0.05) is 55.4 Å². The summed E-state index contributed by atoms with van der Waals surface area (Å²) in [6.45, 7) is 1.09. The minimum Gasteiger partial charge on any atom is -0.497 e. The molecule has 1 amide bonds. The molecule has 3 aliphatic rings. The number of fused-ring (bicyclic) bond motifs is 2. The fraction of sp³-hybridized carbons (Fsp3) is 0.414. The van der Waals surface area contributed by atoms with Gasteiger partial charge in [-0.3, -0.25) is 13.8 Å². The van der Waals surface area contributed by atoms with Crippen molar-refractivity contribution < 1.29 is 19.0 Å². The summed E-state index contributed by atoms with van der Waals surface area (Å²) in [7, 11) is 3.27. The zero-order valence-electron chi connectivity index (χ0n) is 23.2. The molecule has 1 aliphatic carbocycles. The van der Waals surface area contributed by atoms with Gasteiger partial charge in [-0.1, -0.05) is 0 Å². The van der Waals surface area contributed by atoms with Gasteiger partial charge in [0.1, 0.15) is 39.9 Å². The van der Waals surface area contributed by atoms with Crippen LogP contribution in [-0.4, -0.2) is 72.8 Å². The number of ether oxygens (including phenoxy) is 3. The number of amides is 1. The molecule has 3 unspecified atom stereocenters. The Hall–Kier alpha value is -3.71. The van der Waals surface area contributed by atoms with E-state index in [0.29, 0.717) is 28.7 Å². The van der Waals surface area contributed by atoms with Gasteiger partial charge in [0.2, 0.25) is 5.91 Å². The molecule has 4 aromatic rings. The number of aromatic nitrogens is 5. The minimum atomic E-state index is -0.469. The van der Waals surface area contributed by atoms with E-state index in [1.807, 2.05) is 29.3 Å². The van der Waals surface area contributed by atoms with E-state index < -0.39 is 5.41 Å². The quantitative estimate of drug-likeness (QED) is 0.291. The molecule has 1 spiro atoms. The number of halogens is 1. The Balaban J connectivity index is 1.12. The third kappa shape index (κ3) is 4.41. The highest BCUT2D eigenvalue weighted by atomic mass is 79.9. The summed E-state index contributed by atoms with van der Waals surface area (Å²) in [5, 5.41) is 3.79. The van der Waals surface area contributed by atoms with Gasteiger partial charge in [-0.05, 0) is 66.0 Å². The molecule has 1 saturated carbocycles. The molecule has 1 N–H and O–H groups in total. The molecule has 2 aliphatic heterocycles. The fourth-order valence-corrected chi connectivity index (χ4v) is 7.27. The number of nitrogens with zero attached hydrogens (tertiary/aromatic N) is 6. The highest BCUT2D eigenvalue weighted by molar-refractivity contribution is 9.10. The fourth-order valence-electron chi connectivity index (χ4n) is 6.50. The van der Waals surface area contributed by atoms with Gasteiger partial charge >= 0.3 is 0 Å². The average Bonchev–Trinajstić information content (AvgIpc) is 3.37. The van der Waals surface area contributed by atoms with Crippen LogP contribution in [0.4, 0.5) is 5.82 Å². The van der Waals surface area contributed by atoms with Gasteiger partial charge in [0.05, 0.1) is 25.7 Å². The van der Waals surface area contributed by atoms with E-state index in [1.54, 1.807) is 43.7 Å². The Bertz CT molecular complexity index is 1670. The summed E-state index contributed by atoms with van der Waals surface area (Å²) in [5.41, 5.74) is 1.35. The Morgan fingerprint density at radius 3 is 2.79 bits per heavy atom.